The van der Waals surface area contributed by atoms with Gasteiger partial charge in [0, 0.05) is 30.0 Å². The fourth-order valence-corrected chi connectivity index (χ4v) is 2.19. The Bertz CT molecular complexity index is 682. The van der Waals surface area contributed by atoms with Gasteiger partial charge in [-0.1, -0.05) is 42.0 Å². The van der Waals surface area contributed by atoms with Gasteiger partial charge in [0.15, 0.2) is 0 Å². The molecule has 2 aromatic carbocycles. The SMILES string of the molecule is Cc1ccc(NCc2cncc3ccccc23)cc1. The van der Waals surface area contributed by atoms with E-state index in [2.05, 4.69) is 59.7 Å². The Morgan fingerprint density at radius 2 is 1.74 bits per heavy atom. The molecule has 94 valence electrons. The number of anilines is 1. The lowest BCUT2D eigenvalue weighted by Gasteiger charge is -2.09. The van der Waals surface area contributed by atoms with E-state index >= 15 is 0 Å². The number of benzene rings is 2. The van der Waals surface area contributed by atoms with Gasteiger partial charge in [0.25, 0.3) is 0 Å². The molecule has 0 bridgehead atoms. The Morgan fingerprint density at radius 1 is 0.947 bits per heavy atom. The summed E-state index contributed by atoms with van der Waals surface area (Å²) in [4.78, 5) is 4.30. The number of rotatable bonds is 3. The van der Waals surface area contributed by atoms with Crippen LogP contribution in [0, 0.1) is 6.92 Å². The van der Waals surface area contributed by atoms with Crippen molar-refractivity contribution in [2.24, 2.45) is 0 Å². The van der Waals surface area contributed by atoms with Crippen LogP contribution in [0.3, 0.4) is 0 Å². The lowest BCUT2D eigenvalue weighted by Crippen LogP contribution is -2.00. The molecule has 0 radical (unpaired) electrons. The predicted octanol–water partition coefficient (Wildman–Crippen LogP) is 4.16. The molecule has 0 unspecified atom stereocenters. The number of hydrogen-bond donors (Lipinski definition) is 1. The molecular formula is C17H16N2. The summed E-state index contributed by atoms with van der Waals surface area (Å²) >= 11 is 0. The molecule has 0 fully saturated rings. The molecule has 0 aliphatic rings. The molecule has 0 amide bonds. The first-order chi connectivity index (χ1) is 9.33. The first-order valence-electron chi connectivity index (χ1n) is 6.45. The van der Waals surface area contributed by atoms with Gasteiger partial charge in [-0.3, -0.25) is 4.98 Å². The van der Waals surface area contributed by atoms with Crippen molar-refractivity contribution in [3.05, 3.63) is 72.1 Å². The van der Waals surface area contributed by atoms with E-state index in [0.717, 1.165) is 12.2 Å². The number of nitrogens with one attached hydrogen (secondary N) is 1. The molecule has 3 aromatic rings. The molecule has 2 heteroatoms. The predicted molar refractivity (Wildman–Crippen MR) is 80.2 cm³/mol. The normalized spacial score (nSPS) is 10.6. The van der Waals surface area contributed by atoms with Crippen molar-refractivity contribution in [3.8, 4) is 0 Å². The summed E-state index contributed by atoms with van der Waals surface area (Å²) in [5, 5.41) is 5.89. The minimum absolute atomic E-state index is 0.789. The summed E-state index contributed by atoms with van der Waals surface area (Å²) in [5.74, 6) is 0. The first-order valence-corrected chi connectivity index (χ1v) is 6.45. The maximum Gasteiger partial charge on any atom is 0.0422 e. The zero-order valence-electron chi connectivity index (χ0n) is 10.9. The molecule has 1 aromatic heterocycles. The largest absolute Gasteiger partial charge is 0.381 e. The zero-order chi connectivity index (χ0) is 13.1. The third-order valence-electron chi connectivity index (χ3n) is 3.29. The van der Waals surface area contributed by atoms with Crippen LogP contribution in [0.25, 0.3) is 10.8 Å². The van der Waals surface area contributed by atoms with Gasteiger partial charge in [-0.15, -0.1) is 0 Å². The molecule has 0 spiro atoms. The van der Waals surface area contributed by atoms with E-state index in [4.69, 9.17) is 0 Å². The average Bonchev–Trinajstić information content (AvgIpc) is 2.47. The lowest BCUT2D eigenvalue weighted by atomic mass is 10.1. The first kappa shape index (κ1) is 11.7. The summed E-state index contributed by atoms with van der Waals surface area (Å²) in [6, 6.07) is 16.8. The van der Waals surface area contributed by atoms with Crippen LogP contribution < -0.4 is 5.32 Å². The third kappa shape index (κ3) is 2.58. The van der Waals surface area contributed by atoms with Crippen molar-refractivity contribution in [2.75, 3.05) is 5.32 Å². The highest BCUT2D eigenvalue weighted by Gasteiger charge is 2.00. The number of hydrogen-bond acceptors (Lipinski definition) is 2. The van der Waals surface area contributed by atoms with E-state index in [-0.39, 0.29) is 0 Å². The highest BCUT2D eigenvalue weighted by Crippen LogP contribution is 2.18. The van der Waals surface area contributed by atoms with Gasteiger partial charge in [-0.05, 0) is 30.0 Å². The Labute approximate surface area is 113 Å². The second-order valence-electron chi connectivity index (χ2n) is 4.74. The standard InChI is InChI=1S/C17H16N2/c1-13-6-8-16(9-7-13)19-12-15-11-18-10-14-4-2-3-5-17(14)15/h2-11,19H,12H2,1H3. The molecule has 1 N–H and O–H groups in total. The molecular weight excluding hydrogens is 232 g/mol. The summed E-state index contributed by atoms with van der Waals surface area (Å²) in [6.45, 7) is 2.88. The van der Waals surface area contributed by atoms with Crippen LogP contribution in [0.15, 0.2) is 60.9 Å². The molecule has 1 heterocycles. The van der Waals surface area contributed by atoms with Crippen LogP contribution in [0.5, 0.6) is 0 Å². The quantitative estimate of drug-likeness (QED) is 0.753. The molecule has 0 aliphatic heterocycles. The highest BCUT2D eigenvalue weighted by molar-refractivity contribution is 5.84. The smallest absolute Gasteiger partial charge is 0.0422 e. The maximum atomic E-state index is 4.30. The minimum atomic E-state index is 0.789. The van der Waals surface area contributed by atoms with Gasteiger partial charge in [-0.2, -0.15) is 0 Å². The van der Waals surface area contributed by atoms with Crippen molar-refractivity contribution < 1.29 is 0 Å². The Hall–Kier alpha value is -2.35. The van der Waals surface area contributed by atoms with E-state index in [1.807, 2.05) is 18.5 Å². The van der Waals surface area contributed by atoms with E-state index < -0.39 is 0 Å². The number of aryl methyl sites for hydroxylation is 1. The van der Waals surface area contributed by atoms with Gasteiger partial charge >= 0.3 is 0 Å². The molecule has 0 aliphatic carbocycles. The van der Waals surface area contributed by atoms with E-state index in [0.29, 0.717) is 0 Å². The van der Waals surface area contributed by atoms with Crippen molar-refractivity contribution in [1.29, 1.82) is 0 Å². The fourth-order valence-electron chi connectivity index (χ4n) is 2.19. The topological polar surface area (TPSA) is 24.9 Å². The summed E-state index contributed by atoms with van der Waals surface area (Å²) in [7, 11) is 0. The van der Waals surface area contributed by atoms with Crippen molar-refractivity contribution in [1.82, 2.24) is 4.98 Å². The number of pyridine rings is 1. The molecule has 19 heavy (non-hydrogen) atoms. The number of fused-ring (bicyclic) bond motifs is 1. The molecule has 0 saturated heterocycles. The van der Waals surface area contributed by atoms with E-state index in [1.54, 1.807) is 0 Å². The van der Waals surface area contributed by atoms with Crippen LogP contribution >= 0.6 is 0 Å². The van der Waals surface area contributed by atoms with Crippen LogP contribution in [-0.2, 0) is 6.54 Å². The Morgan fingerprint density at radius 3 is 2.58 bits per heavy atom. The van der Waals surface area contributed by atoms with Crippen molar-refractivity contribution >= 4 is 16.5 Å². The summed E-state index contributed by atoms with van der Waals surface area (Å²) < 4.78 is 0. The van der Waals surface area contributed by atoms with Crippen LogP contribution in [0.2, 0.25) is 0 Å². The summed E-state index contributed by atoms with van der Waals surface area (Å²) in [5.41, 5.74) is 3.63. The average molecular weight is 248 g/mol. The van der Waals surface area contributed by atoms with E-state index in [1.165, 1.54) is 21.9 Å². The maximum absolute atomic E-state index is 4.30. The molecule has 3 rings (SSSR count). The van der Waals surface area contributed by atoms with Crippen LogP contribution in [0.1, 0.15) is 11.1 Å². The van der Waals surface area contributed by atoms with Gasteiger partial charge in [0.1, 0.15) is 0 Å². The Balaban J connectivity index is 1.84. The van der Waals surface area contributed by atoms with Crippen LogP contribution in [0.4, 0.5) is 5.69 Å². The zero-order valence-corrected chi connectivity index (χ0v) is 10.9. The van der Waals surface area contributed by atoms with Gasteiger partial charge in [0.05, 0.1) is 0 Å². The fraction of sp³-hybridized carbons (Fsp3) is 0.118. The molecule has 2 nitrogen and oxygen atoms in total. The molecule has 0 saturated carbocycles. The number of aromatic nitrogens is 1. The van der Waals surface area contributed by atoms with E-state index in [9.17, 15) is 0 Å². The highest BCUT2D eigenvalue weighted by atomic mass is 14.9. The molecule has 0 atom stereocenters. The number of nitrogens with zero attached hydrogens (tertiary/aromatic N) is 1. The summed E-state index contributed by atoms with van der Waals surface area (Å²) in [6.07, 6.45) is 3.84. The van der Waals surface area contributed by atoms with Gasteiger partial charge in [-0.25, -0.2) is 0 Å². The minimum Gasteiger partial charge on any atom is -0.381 e. The van der Waals surface area contributed by atoms with Gasteiger partial charge in [0.2, 0.25) is 0 Å². The second-order valence-corrected chi connectivity index (χ2v) is 4.74. The van der Waals surface area contributed by atoms with Gasteiger partial charge < -0.3 is 5.32 Å². The lowest BCUT2D eigenvalue weighted by molar-refractivity contribution is 1.13. The second kappa shape index (κ2) is 5.11. The monoisotopic (exact) mass is 248 g/mol. The third-order valence-corrected chi connectivity index (χ3v) is 3.29. The Kier molecular flexibility index (Phi) is 3.15. The van der Waals surface area contributed by atoms with Crippen molar-refractivity contribution in [2.45, 2.75) is 13.5 Å². The van der Waals surface area contributed by atoms with Crippen LogP contribution in [-0.4, -0.2) is 4.98 Å². The van der Waals surface area contributed by atoms with Crippen molar-refractivity contribution in [3.63, 3.8) is 0 Å².